The summed E-state index contributed by atoms with van der Waals surface area (Å²) >= 11 is 0. The molecule has 0 aromatic rings. The molecule has 1 N–H and O–H groups in total. The summed E-state index contributed by atoms with van der Waals surface area (Å²) < 4.78 is 0. The molecular weight excluding hydrogens is 148 g/mol. The largest absolute Gasteiger partial charge is 0.210 e. The summed E-state index contributed by atoms with van der Waals surface area (Å²) in [6.45, 7) is 2.22. The second-order valence-corrected chi connectivity index (χ2v) is 3.96. The molecule has 0 radical (unpaired) electrons. The summed E-state index contributed by atoms with van der Waals surface area (Å²) in [5.74, 6) is 0.922. The Bertz CT molecular complexity index is 130. The highest BCUT2D eigenvalue weighted by Gasteiger charge is 2.24. The molecule has 1 saturated carbocycles. The van der Waals surface area contributed by atoms with E-state index in [4.69, 9.17) is 5.53 Å². The Labute approximate surface area is 75.3 Å². The molecule has 70 valence electrons. The summed E-state index contributed by atoms with van der Waals surface area (Å²) in [7, 11) is 0. The third kappa shape index (κ3) is 3.84. The Morgan fingerprint density at radius 1 is 1.42 bits per heavy atom. The van der Waals surface area contributed by atoms with Gasteiger partial charge >= 0.3 is 0 Å². The SMILES string of the molecule is CCCCCC(CC1CC1)N=N. The quantitative estimate of drug-likeness (QED) is 0.444. The Balaban J connectivity index is 2.02. The van der Waals surface area contributed by atoms with Gasteiger partial charge in [0.15, 0.2) is 0 Å². The molecule has 0 heterocycles. The van der Waals surface area contributed by atoms with Crippen LogP contribution in [0.25, 0.3) is 0 Å². The smallest absolute Gasteiger partial charge is 0.0708 e. The van der Waals surface area contributed by atoms with Crippen LogP contribution in [0.5, 0.6) is 0 Å². The molecule has 0 aliphatic heterocycles. The van der Waals surface area contributed by atoms with Crippen molar-refractivity contribution in [3.63, 3.8) is 0 Å². The van der Waals surface area contributed by atoms with Crippen molar-refractivity contribution in [2.45, 2.75) is 57.9 Å². The van der Waals surface area contributed by atoms with Gasteiger partial charge in [0.2, 0.25) is 0 Å². The third-order valence-electron chi connectivity index (χ3n) is 2.63. The topological polar surface area (TPSA) is 36.2 Å². The zero-order valence-corrected chi connectivity index (χ0v) is 8.05. The van der Waals surface area contributed by atoms with Crippen molar-refractivity contribution in [1.29, 1.82) is 5.53 Å². The van der Waals surface area contributed by atoms with Crippen LogP contribution in [0.4, 0.5) is 0 Å². The van der Waals surface area contributed by atoms with E-state index in [1.54, 1.807) is 0 Å². The lowest BCUT2D eigenvalue weighted by molar-refractivity contribution is 0.483. The summed E-state index contributed by atoms with van der Waals surface area (Å²) in [6.07, 6.45) is 8.95. The van der Waals surface area contributed by atoms with Gasteiger partial charge in [0.25, 0.3) is 0 Å². The van der Waals surface area contributed by atoms with Crippen molar-refractivity contribution in [3.05, 3.63) is 0 Å². The zero-order chi connectivity index (χ0) is 8.81. The number of hydrogen-bond acceptors (Lipinski definition) is 2. The Kier molecular flexibility index (Phi) is 4.26. The van der Waals surface area contributed by atoms with Gasteiger partial charge in [-0.15, -0.1) is 0 Å². The van der Waals surface area contributed by atoms with Crippen LogP contribution in [0.3, 0.4) is 0 Å². The predicted molar refractivity (Wildman–Crippen MR) is 50.4 cm³/mol. The maximum absolute atomic E-state index is 7.04. The lowest BCUT2D eigenvalue weighted by Gasteiger charge is -2.08. The number of hydrogen-bond donors (Lipinski definition) is 1. The average molecular weight is 168 g/mol. The molecule has 1 aliphatic carbocycles. The molecule has 0 spiro atoms. The van der Waals surface area contributed by atoms with Crippen molar-refractivity contribution in [2.24, 2.45) is 11.0 Å². The van der Waals surface area contributed by atoms with Crippen LogP contribution in [0, 0.1) is 11.4 Å². The van der Waals surface area contributed by atoms with Gasteiger partial charge in [0.1, 0.15) is 0 Å². The first-order valence-corrected chi connectivity index (χ1v) is 5.23. The maximum atomic E-state index is 7.04. The van der Waals surface area contributed by atoms with E-state index in [1.165, 1.54) is 38.5 Å². The summed E-state index contributed by atoms with van der Waals surface area (Å²) in [5, 5.41) is 3.69. The van der Waals surface area contributed by atoms with E-state index in [1.807, 2.05) is 0 Å². The molecule has 12 heavy (non-hydrogen) atoms. The van der Waals surface area contributed by atoms with Crippen LogP contribution >= 0.6 is 0 Å². The van der Waals surface area contributed by atoms with Gasteiger partial charge in [0.05, 0.1) is 6.04 Å². The molecule has 0 amide bonds. The molecule has 0 saturated heterocycles. The Morgan fingerprint density at radius 2 is 2.17 bits per heavy atom. The first-order chi connectivity index (χ1) is 5.86. The maximum Gasteiger partial charge on any atom is 0.0708 e. The molecule has 1 aliphatic rings. The summed E-state index contributed by atoms with van der Waals surface area (Å²) in [6, 6.07) is 0.351. The number of nitrogens with one attached hydrogen (secondary N) is 1. The predicted octanol–water partition coefficient (Wildman–Crippen LogP) is 3.77. The first kappa shape index (κ1) is 9.69. The minimum Gasteiger partial charge on any atom is -0.210 e. The van der Waals surface area contributed by atoms with E-state index in [0.29, 0.717) is 6.04 Å². The van der Waals surface area contributed by atoms with E-state index >= 15 is 0 Å². The monoisotopic (exact) mass is 168 g/mol. The zero-order valence-electron chi connectivity index (χ0n) is 8.05. The van der Waals surface area contributed by atoms with Gasteiger partial charge in [-0.25, -0.2) is 5.53 Å². The van der Waals surface area contributed by atoms with Gasteiger partial charge < -0.3 is 0 Å². The van der Waals surface area contributed by atoms with Crippen LogP contribution in [-0.4, -0.2) is 6.04 Å². The van der Waals surface area contributed by atoms with Crippen LogP contribution in [-0.2, 0) is 0 Å². The fourth-order valence-electron chi connectivity index (χ4n) is 1.60. The van der Waals surface area contributed by atoms with Crippen LogP contribution in [0.2, 0.25) is 0 Å². The second kappa shape index (κ2) is 5.28. The second-order valence-electron chi connectivity index (χ2n) is 3.96. The van der Waals surface area contributed by atoms with Crippen molar-refractivity contribution >= 4 is 0 Å². The molecule has 1 fully saturated rings. The molecule has 1 unspecified atom stereocenters. The van der Waals surface area contributed by atoms with Crippen molar-refractivity contribution in [1.82, 2.24) is 0 Å². The molecule has 0 aromatic heterocycles. The van der Waals surface area contributed by atoms with Crippen molar-refractivity contribution in [2.75, 3.05) is 0 Å². The highest BCUT2D eigenvalue weighted by molar-refractivity contribution is 4.79. The van der Waals surface area contributed by atoms with E-state index in [2.05, 4.69) is 12.0 Å². The van der Waals surface area contributed by atoms with Crippen molar-refractivity contribution in [3.8, 4) is 0 Å². The first-order valence-electron chi connectivity index (χ1n) is 5.23. The fourth-order valence-corrected chi connectivity index (χ4v) is 1.60. The summed E-state index contributed by atoms with van der Waals surface area (Å²) in [5.41, 5.74) is 7.04. The minimum atomic E-state index is 0.351. The van der Waals surface area contributed by atoms with Crippen LogP contribution in [0.15, 0.2) is 5.11 Å². The normalized spacial score (nSPS) is 19.1. The minimum absolute atomic E-state index is 0.351. The number of unbranched alkanes of at least 4 members (excludes halogenated alkanes) is 2. The fraction of sp³-hybridized carbons (Fsp3) is 1.00. The number of rotatable bonds is 7. The molecule has 1 atom stereocenters. The Hall–Kier alpha value is -0.400. The average Bonchev–Trinajstić information content (AvgIpc) is 2.87. The molecule has 2 heteroatoms. The molecule has 0 bridgehead atoms. The lowest BCUT2D eigenvalue weighted by Crippen LogP contribution is -2.04. The van der Waals surface area contributed by atoms with Gasteiger partial charge in [-0.3, -0.25) is 0 Å². The van der Waals surface area contributed by atoms with Crippen LogP contribution in [0.1, 0.15) is 51.9 Å². The highest BCUT2D eigenvalue weighted by atomic mass is 15.0. The lowest BCUT2D eigenvalue weighted by atomic mass is 10.0. The van der Waals surface area contributed by atoms with Gasteiger partial charge in [-0.2, -0.15) is 5.11 Å². The van der Waals surface area contributed by atoms with E-state index in [0.717, 1.165) is 12.3 Å². The molecular formula is C10H20N2. The third-order valence-corrected chi connectivity index (χ3v) is 2.63. The van der Waals surface area contributed by atoms with Crippen molar-refractivity contribution < 1.29 is 0 Å². The van der Waals surface area contributed by atoms with E-state index < -0.39 is 0 Å². The standard InChI is InChI=1S/C10H20N2/c1-2-3-4-5-10(12-11)8-9-6-7-9/h9-11H,2-8H2,1H3. The van der Waals surface area contributed by atoms with Gasteiger partial charge in [-0.05, 0) is 18.8 Å². The van der Waals surface area contributed by atoms with Crippen LogP contribution < -0.4 is 0 Å². The highest BCUT2D eigenvalue weighted by Crippen LogP contribution is 2.35. The summed E-state index contributed by atoms with van der Waals surface area (Å²) in [4.78, 5) is 0. The number of nitrogens with zero attached hydrogens (tertiary/aromatic N) is 1. The van der Waals surface area contributed by atoms with Gasteiger partial charge in [-0.1, -0.05) is 39.0 Å². The molecule has 0 aromatic carbocycles. The van der Waals surface area contributed by atoms with Gasteiger partial charge in [0, 0.05) is 0 Å². The Morgan fingerprint density at radius 3 is 2.67 bits per heavy atom. The molecule has 2 nitrogen and oxygen atoms in total. The van der Waals surface area contributed by atoms with E-state index in [-0.39, 0.29) is 0 Å². The van der Waals surface area contributed by atoms with E-state index in [9.17, 15) is 0 Å². The molecule has 1 rings (SSSR count).